The van der Waals surface area contributed by atoms with Gasteiger partial charge in [-0.3, -0.25) is 14.8 Å². The Labute approximate surface area is 211 Å². The Bertz CT molecular complexity index is 1180. The number of primary amides is 1. The number of carbonyl (C=O) groups excluding carboxylic acids is 1. The molecule has 4 rings (SSSR count). The number of aromatic nitrogens is 4. The van der Waals surface area contributed by atoms with Crippen molar-refractivity contribution in [2.75, 3.05) is 30.3 Å². The maximum atomic E-state index is 15.1. The number of hydrogen-bond acceptors (Lipinski definition) is 7. The van der Waals surface area contributed by atoms with Crippen LogP contribution in [0.5, 0.6) is 0 Å². The number of rotatable bonds is 8. The SMILES string of the molecule is CCc1cc(Nc2nc(Nc3cc(C)c(C4CCN(CC(N)=O)CC4)cc3F)ncc2I)n[nH]1. The molecule has 5 N–H and O–H groups in total. The molecule has 34 heavy (non-hydrogen) atoms. The third kappa shape index (κ3) is 5.81. The second-order valence-electron chi connectivity index (χ2n) is 8.48. The van der Waals surface area contributed by atoms with Gasteiger partial charge in [-0.2, -0.15) is 10.1 Å². The van der Waals surface area contributed by atoms with E-state index in [1.165, 1.54) is 0 Å². The number of halogens is 2. The summed E-state index contributed by atoms with van der Waals surface area (Å²) in [6.45, 7) is 5.85. The molecule has 180 valence electrons. The summed E-state index contributed by atoms with van der Waals surface area (Å²) in [5, 5.41) is 13.4. The van der Waals surface area contributed by atoms with Crippen LogP contribution in [0.2, 0.25) is 0 Å². The topological polar surface area (TPSA) is 125 Å². The third-order valence-electron chi connectivity index (χ3n) is 6.01. The molecule has 1 aromatic carbocycles. The second kappa shape index (κ2) is 10.6. The minimum atomic E-state index is -0.350. The van der Waals surface area contributed by atoms with Gasteiger partial charge in [0.25, 0.3) is 0 Å². The van der Waals surface area contributed by atoms with Gasteiger partial charge in [0.15, 0.2) is 11.6 Å². The fourth-order valence-electron chi connectivity index (χ4n) is 4.22. The number of carbonyl (C=O) groups is 1. The summed E-state index contributed by atoms with van der Waals surface area (Å²) in [6, 6.07) is 5.33. The molecule has 0 radical (unpaired) electrons. The first-order valence-electron chi connectivity index (χ1n) is 11.2. The molecule has 0 unspecified atom stereocenters. The number of anilines is 4. The van der Waals surface area contributed by atoms with E-state index >= 15 is 4.39 Å². The average molecular weight is 578 g/mol. The Morgan fingerprint density at radius 2 is 2.06 bits per heavy atom. The first-order chi connectivity index (χ1) is 16.3. The van der Waals surface area contributed by atoms with Crippen molar-refractivity contribution in [3.05, 3.63) is 50.6 Å². The van der Waals surface area contributed by atoms with Gasteiger partial charge in [-0.15, -0.1) is 0 Å². The number of nitrogens with zero attached hydrogens (tertiary/aromatic N) is 4. The molecule has 11 heteroatoms. The van der Waals surface area contributed by atoms with Crippen molar-refractivity contribution in [1.29, 1.82) is 0 Å². The highest BCUT2D eigenvalue weighted by Gasteiger charge is 2.24. The number of H-pyrrole nitrogens is 1. The normalized spacial score (nSPS) is 14.8. The second-order valence-corrected chi connectivity index (χ2v) is 9.64. The van der Waals surface area contributed by atoms with Crippen LogP contribution in [0, 0.1) is 16.3 Å². The summed E-state index contributed by atoms with van der Waals surface area (Å²) >= 11 is 2.14. The fourth-order valence-corrected chi connectivity index (χ4v) is 4.61. The highest BCUT2D eigenvalue weighted by atomic mass is 127. The number of hydrogen-bond donors (Lipinski definition) is 4. The number of likely N-dealkylation sites (tertiary alicyclic amines) is 1. The maximum absolute atomic E-state index is 15.1. The number of piperidine rings is 1. The molecule has 1 aliphatic rings. The fraction of sp³-hybridized carbons (Fsp3) is 0.391. The molecule has 0 atom stereocenters. The van der Waals surface area contributed by atoms with Crippen LogP contribution in [0.25, 0.3) is 0 Å². The van der Waals surface area contributed by atoms with E-state index in [0.29, 0.717) is 23.3 Å². The van der Waals surface area contributed by atoms with Gasteiger partial charge in [0, 0.05) is 18.0 Å². The van der Waals surface area contributed by atoms with Crippen molar-refractivity contribution in [2.24, 2.45) is 5.73 Å². The standard InChI is InChI=1S/C23H28FIN8O/c1-3-15-9-21(32-31-15)29-22-18(25)11-27-23(30-22)28-19-8-13(2)16(10-17(19)24)14-4-6-33(7-5-14)12-20(26)34/h8-11,14H,3-7,12H2,1-2H3,(H2,26,34)(H3,27,28,29,30,31,32). The summed E-state index contributed by atoms with van der Waals surface area (Å²) in [5.41, 5.74) is 8.64. The Morgan fingerprint density at radius 3 is 2.74 bits per heavy atom. The van der Waals surface area contributed by atoms with E-state index in [-0.39, 0.29) is 24.2 Å². The van der Waals surface area contributed by atoms with Gasteiger partial charge in [-0.25, -0.2) is 9.37 Å². The van der Waals surface area contributed by atoms with E-state index in [1.54, 1.807) is 18.3 Å². The Balaban J connectivity index is 1.47. The molecular formula is C23H28FIN8O. The van der Waals surface area contributed by atoms with Gasteiger partial charge < -0.3 is 16.4 Å². The van der Waals surface area contributed by atoms with Crippen molar-refractivity contribution >= 4 is 51.8 Å². The molecule has 2 aromatic heterocycles. The molecule has 1 aliphatic heterocycles. The van der Waals surface area contributed by atoms with Crippen molar-refractivity contribution in [3.63, 3.8) is 0 Å². The lowest BCUT2D eigenvalue weighted by Gasteiger charge is -2.32. The van der Waals surface area contributed by atoms with Crippen molar-refractivity contribution in [1.82, 2.24) is 25.1 Å². The highest BCUT2D eigenvalue weighted by Crippen LogP contribution is 2.33. The Hall–Kier alpha value is -2.80. The lowest BCUT2D eigenvalue weighted by molar-refractivity contribution is -0.119. The molecule has 1 amide bonds. The number of nitrogens with two attached hydrogens (primary N) is 1. The van der Waals surface area contributed by atoms with E-state index in [2.05, 4.69) is 53.4 Å². The van der Waals surface area contributed by atoms with Gasteiger partial charge in [-0.1, -0.05) is 6.92 Å². The zero-order chi connectivity index (χ0) is 24.2. The monoisotopic (exact) mass is 578 g/mol. The van der Waals surface area contributed by atoms with E-state index < -0.39 is 0 Å². The van der Waals surface area contributed by atoms with Crippen molar-refractivity contribution < 1.29 is 9.18 Å². The minimum absolute atomic E-state index is 0.250. The van der Waals surface area contributed by atoms with Crippen LogP contribution in [0.1, 0.15) is 42.5 Å². The van der Waals surface area contributed by atoms with Crippen LogP contribution in [-0.2, 0) is 11.2 Å². The van der Waals surface area contributed by atoms with E-state index in [1.807, 2.05) is 24.8 Å². The van der Waals surface area contributed by atoms with Gasteiger partial charge in [0.2, 0.25) is 11.9 Å². The lowest BCUT2D eigenvalue weighted by Crippen LogP contribution is -2.39. The summed E-state index contributed by atoms with van der Waals surface area (Å²) in [4.78, 5) is 22.0. The Morgan fingerprint density at radius 1 is 1.29 bits per heavy atom. The van der Waals surface area contributed by atoms with Crippen molar-refractivity contribution in [2.45, 2.75) is 39.0 Å². The molecule has 1 saturated heterocycles. The maximum Gasteiger partial charge on any atom is 0.231 e. The van der Waals surface area contributed by atoms with Gasteiger partial charge in [0.1, 0.15) is 5.82 Å². The smallest absolute Gasteiger partial charge is 0.231 e. The highest BCUT2D eigenvalue weighted by molar-refractivity contribution is 14.1. The van der Waals surface area contributed by atoms with Crippen LogP contribution in [0.4, 0.5) is 27.7 Å². The quantitative estimate of drug-likeness (QED) is 0.298. The van der Waals surface area contributed by atoms with Crippen LogP contribution in [0.15, 0.2) is 24.4 Å². The van der Waals surface area contributed by atoms with Crippen LogP contribution >= 0.6 is 22.6 Å². The number of nitrogens with one attached hydrogen (secondary N) is 3. The summed E-state index contributed by atoms with van der Waals surface area (Å²) < 4.78 is 15.9. The molecule has 3 aromatic rings. The molecule has 0 aliphatic carbocycles. The molecule has 1 fully saturated rings. The minimum Gasteiger partial charge on any atom is -0.369 e. The third-order valence-corrected chi connectivity index (χ3v) is 6.80. The first kappa shape index (κ1) is 24.3. The summed E-state index contributed by atoms with van der Waals surface area (Å²) in [5.74, 6) is 1.12. The van der Waals surface area contributed by atoms with Crippen LogP contribution in [-0.4, -0.2) is 50.6 Å². The largest absolute Gasteiger partial charge is 0.369 e. The summed E-state index contributed by atoms with van der Waals surface area (Å²) in [6.07, 6.45) is 4.25. The van der Waals surface area contributed by atoms with E-state index in [9.17, 15) is 4.79 Å². The zero-order valence-electron chi connectivity index (χ0n) is 19.2. The summed E-state index contributed by atoms with van der Waals surface area (Å²) in [7, 11) is 0. The lowest BCUT2D eigenvalue weighted by atomic mass is 9.86. The van der Waals surface area contributed by atoms with Gasteiger partial charge >= 0.3 is 0 Å². The molecule has 0 saturated carbocycles. The molecular weight excluding hydrogens is 550 g/mol. The molecule has 3 heterocycles. The molecule has 0 bridgehead atoms. The van der Waals surface area contributed by atoms with Crippen LogP contribution in [0.3, 0.4) is 0 Å². The first-order valence-corrected chi connectivity index (χ1v) is 12.3. The van der Waals surface area contributed by atoms with E-state index in [4.69, 9.17) is 5.73 Å². The Kier molecular flexibility index (Phi) is 7.61. The van der Waals surface area contributed by atoms with Gasteiger partial charge in [0.05, 0.1) is 15.8 Å². The number of aromatic amines is 1. The predicted octanol–water partition coefficient (Wildman–Crippen LogP) is 3.97. The number of amides is 1. The molecule has 9 nitrogen and oxygen atoms in total. The molecule has 0 spiro atoms. The van der Waals surface area contributed by atoms with Crippen LogP contribution < -0.4 is 16.4 Å². The number of aryl methyl sites for hydroxylation is 2. The zero-order valence-corrected chi connectivity index (χ0v) is 21.3. The van der Waals surface area contributed by atoms with E-state index in [0.717, 1.165) is 52.7 Å². The predicted molar refractivity (Wildman–Crippen MR) is 138 cm³/mol. The average Bonchev–Trinajstić information content (AvgIpc) is 3.26. The van der Waals surface area contributed by atoms with Gasteiger partial charge in [-0.05, 0) is 91.0 Å². The number of benzene rings is 1. The van der Waals surface area contributed by atoms with Crippen molar-refractivity contribution in [3.8, 4) is 0 Å².